The van der Waals surface area contributed by atoms with Crippen molar-refractivity contribution in [2.75, 3.05) is 0 Å². The molecule has 0 radical (unpaired) electrons. The molecule has 48 heavy (non-hydrogen) atoms. The molecule has 0 unspecified atom stereocenters. The average molecular weight is 645 g/mol. The number of hydrogen-bond acceptors (Lipinski definition) is 5. The fourth-order valence-corrected chi connectivity index (χ4v) is 6.30. The van der Waals surface area contributed by atoms with Crippen LogP contribution in [-0.2, 0) is 20.7 Å². The summed E-state index contributed by atoms with van der Waals surface area (Å²) in [5, 5.41) is 29.3. The van der Waals surface area contributed by atoms with Gasteiger partial charge in [0, 0.05) is 47.6 Å². The van der Waals surface area contributed by atoms with Crippen molar-refractivity contribution in [2.45, 2.75) is 20.5 Å². The minimum Gasteiger partial charge on any atom is -0.392 e. The number of aliphatic hydroxyl groups is 1. The van der Waals surface area contributed by atoms with E-state index in [-0.39, 0.29) is 17.9 Å². The van der Waals surface area contributed by atoms with Gasteiger partial charge in [-0.1, -0.05) is 24.3 Å². The Labute approximate surface area is 274 Å². The summed E-state index contributed by atoms with van der Waals surface area (Å²) in [5.41, 5.74) is 18.4. The molecule has 5 N–H and O–H groups in total. The normalized spacial score (nSPS) is 10.8. The maximum atomic E-state index is 14.3. The van der Waals surface area contributed by atoms with Gasteiger partial charge in [-0.2, -0.15) is 10.5 Å². The minimum absolute atomic E-state index is 0.0248. The van der Waals surface area contributed by atoms with E-state index in [1.165, 1.54) is 12.1 Å². The van der Waals surface area contributed by atoms with E-state index in [0.717, 1.165) is 45.3 Å². The van der Waals surface area contributed by atoms with Gasteiger partial charge in [0.25, 0.3) is 11.8 Å². The topological polar surface area (TPSA) is 164 Å². The van der Waals surface area contributed by atoms with Crippen LogP contribution in [-0.4, -0.2) is 26.1 Å². The summed E-state index contributed by atoms with van der Waals surface area (Å²) < 4.78 is 30.8. The maximum Gasteiger partial charge on any atom is 0.265 e. The number of fused-ring (bicyclic) bond motifs is 2. The van der Waals surface area contributed by atoms with Crippen LogP contribution in [0.4, 0.5) is 8.78 Å². The van der Waals surface area contributed by atoms with E-state index in [9.17, 15) is 34.0 Å². The molecule has 0 atom stereocenters. The predicted octanol–water partition coefficient (Wildman–Crippen LogP) is 6.02. The molecular weight excluding hydrogens is 614 g/mol. The molecule has 11 heteroatoms. The summed E-state index contributed by atoms with van der Waals surface area (Å²) in [4.78, 5) is 23.5. The zero-order chi connectivity index (χ0) is 35.0. The predicted molar refractivity (Wildman–Crippen MR) is 178 cm³/mol. The van der Waals surface area contributed by atoms with E-state index in [2.05, 4.69) is 6.07 Å². The number of aliphatic hydroxyl groups excluding tert-OH is 1. The highest BCUT2D eigenvalue weighted by molar-refractivity contribution is 6.07. The van der Waals surface area contributed by atoms with Gasteiger partial charge in [0.15, 0.2) is 0 Å². The molecule has 240 valence electrons. The summed E-state index contributed by atoms with van der Waals surface area (Å²) in [6, 6.07) is 21.6. The van der Waals surface area contributed by atoms with Gasteiger partial charge in [-0.15, -0.1) is 0 Å². The number of carbonyl (C=O) groups excluding carboxylic acids is 2. The second kappa shape index (κ2) is 12.8. The third kappa shape index (κ3) is 5.64. The maximum absolute atomic E-state index is 14.3. The van der Waals surface area contributed by atoms with E-state index in [1.54, 1.807) is 48.4 Å². The number of hydrogen-bond donors (Lipinski definition) is 3. The molecule has 0 aliphatic heterocycles. The lowest BCUT2D eigenvalue weighted by molar-refractivity contribution is 0.0984. The summed E-state index contributed by atoms with van der Waals surface area (Å²) >= 11 is 0. The fourth-order valence-electron chi connectivity index (χ4n) is 6.30. The average Bonchev–Trinajstić information content (AvgIpc) is 3.48. The largest absolute Gasteiger partial charge is 0.392 e. The van der Waals surface area contributed by atoms with E-state index >= 15 is 0 Å². The van der Waals surface area contributed by atoms with Crippen LogP contribution < -0.4 is 11.5 Å². The lowest BCUT2D eigenvalue weighted by Crippen LogP contribution is -2.16. The molecule has 2 aromatic heterocycles. The lowest BCUT2D eigenvalue weighted by atomic mass is 9.98. The first kappa shape index (κ1) is 33.1. The van der Waals surface area contributed by atoms with Crippen molar-refractivity contribution in [2.24, 2.45) is 25.6 Å². The number of nitrogens with two attached hydrogens (primary N) is 2. The summed E-state index contributed by atoms with van der Waals surface area (Å²) in [6.45, 7) is 3.53. The molecule has 2 amide bonds. The fraction of sp³-hybridized carbons (Fsp3) is 0.135. The van der Waals surface area contributed by atoms with Crippen molar-refractivity contribution in [3.8, 4) is 34.4 Å². The number of nitriles is 2. The van der Waals surface area contributed by atoms with Crippen LogP contribution in [0.1, 0.15) is 48.8 Å². The number of amides is 2. The first-order valence-corrected chi connectivity index (χ1v) is 14.6. The van der Waals surface area contributed by atoms with Gasteiger partial charge in [0.2, 0.25) is 0 Å². The van der Waals surface area contributed by atoms with Crippen LogP contribution in [0.25, 0.3) is 44.1 Å². The third-order valence-corrected chi connectivity index (χ3v) is 8.47. The van der Waals surface area contributed by atoms with Gasteiger partial charge in [0.1, 0.15) is 23.0 Å². The van der Waals surface area contributed by atoms with Crippen LogP contribution in [0, 0.1) is 48.1 Å². The molecule has 0 aliphatic rings. The Kier molecular flexibility index (Phi) is 8.84. The Morgan fingerprint density at radius 3 is 1.65 bits per heavy atom. The van der Waals surface area contributed by atoms with Gasteiger partial charge in [-0.25, -0.2) is 8.78 Å². The van der Waals surface area contributed by atoms with E-state index in [0.29, 0.717) is 38.9 Å². The second-order valence-electron chi connectivity index (χ2n) is 11.3. The SMILES string of the molecule is Cc1c(C(N)=O)n(C)c2c(-c3ccc(CO)cc3)cc(C#N)cc12.Cc1c(C(N)=O)n(C)c2c(-c3ccc(F)cc3F)cc(C#N)cc12. The molecule has 0 spiro atoms. The van der Waals surface area contributed by atoms with Crippen LogP contribution >= 0.6 is 0 Å². The quantitative estimate of drug-likeness (QED) is 0.209. The molecule has 0 saturated heterocycles. The number of nitrogens with zero attached hydrogens (tertiary/aromatic N) is 4. The molecule has 0 aliphatic carbocycles. The zero-order valence-corrected chi connectivity index (χ0v) is 26.5. The molecule has 6 aromatic rings. The van der Waals surface area contributed by atoms with Crippen molar-refractivity contribution in [1.29, 1.82) is 10.5 Å². The molecule has 0 fully saturated rings. The standard InChI is InChI=1S/C19H17N3O2.C18H13F2N3O/c1-11-15-7-13(9-20)8-16(14-5-3-12(10-23)4-6-14)18(15)22(2)17(11)19(21)24;1-9-13-5-10(8-21)6-14(12-4-3-11(19)7-15(12)20)17(13)23(2)16(9)18(22)24/h3-8,23H,10H2,1-2H3,(H2,21,24);3-7H,1-2H3,(H2,22,24). The number of rotatable bonds is 5. The number of benzene rings is 4. The smallest absolute Gasteiger partial charge is 0.265 e. The lowest BCUT2D eigenvalue weighted by Gasteiger charge is -2.09. The Hall–Kier alpha value is -6.30. The Morgan fingerprint density at radius 2 is 1.21 bits per heavy atom. The number of primary amides is 2. The molecule has 9 nitrogen and oxygen atoms in total. The monoisotopic (exact) mass is 644 g/mol. The van der Waals surface area contributed by atoms with Crippen molar-refractivity contribution in [1.82, 2.24) is 9.13 Å². The highest BCUT2D eigenvalue weighted by Gasteiger charge is 2.22. The van der Waals surface area contributed by atoms with Crippen molar-refractivity contribution in [3.05, 3.63) is 118 Å². The highest BCUT2D eigenvalue weighted by Crippen LogP contribution is 2.37. The number of carbonyl (C=O) groups is 2. The summed E-state index contributed by atoms with van der Waals surface area (Å²) in [7, 11) is 3.44. The van der Waals surface area contributed by atoms with Gasteiger partial charge >= 0.3 is 0 Å². The highest BCUT2D eigenvalue weighted by atomic mass is 19.1. The van der Waals surface area contributed by atoms with Crippen LogP contribution in [0.5, 0.6) is 0 Å². The van der Waals surface area contributed by atoms with Crippen molar-refractivity contribution in [3.63, 3.8) is 0 Å². The van der Waals surface area contributed by atoms with Gasteiger partial charge < -0.3 is 25.7 Å². The third-order valence-electron chi connectivity index (χ3n) is 8.47. The minimum atomic E-state index is -0.745. The van der Waals surface area contributed by atoms with E-state index in [1.807, 2.05) is 37.3 Å². The van der Waals surface area contributed by atoms with Crippen LogP contribution in [0.2, 0.25) is 0 Å². The number of aromatic nitrogens is 2. The van der Waals surface area contributed by atoms with Crippen molar-refractivity contribution >= 4 is 33.6 Å². The Bertz CT molecular complexity index is 2370. The number of halogens is 2. The first-order chi connectivity index (χ1) is 22.8. The summed E-state index contributed by atoms with van der Waals surface area (Å²) in [6.07, 6.45) is 0. The van der Waals surface area contributed by atoms with Gasteiger partial charge in [-0.05, 0) is 72.5 Å². The van der Waals surface area contributed by atoms with Gasteiger partial charge in [0.05, 0.1) is 40.9 Å². The zero-order valence-electron chi connectivity index (χ0n) is 26.5. The molecule has 2 heterocycles. The second-order valence-corrected chi connectivity index (χ2v) is 11.3. The van der Waals surface area contributed by atoms with E-state index < -0.39 is 23.4 Å². The van der Waals surface area contributed by atoms with Gasteiger partial charge in [-0.3, -0.25) is 9.59 Å². The van der Waals surface area contributed by atoms with Crippen LogP contribution in [0.3, 0.4) is 0 Å². The summed E-state index contributed by atoms with van der Waals surface area (Å²) in [5.74, 6) is -2.54. The first-order valence-electron chi connectivity index (χ1n) is 14.6. The Balaban J connectivity index is 0.000000188. The Morgan fingerprint density at radius 1 is 0.729 bits per heavy atom. The van der Waals surface area contributed by atoms with E-state index in [4.69, 9.17) is 11.5 Å². The molecule has 6 rings (SSSR count). The molecule has 0 saturated carbocycles. The van der Waals surface area contributed by atoms with Crippen molar-refractivity contribution < 1.29 is 23.5 Å². The number of aryl methyl sites for hydroxylation is 4. The molecule has 0 bridgehead atoms. The van der Waals surface area contributed by atoms with Crippen LogP contribution in [0.15, 0.2) is 66.7 Å². The molecule has 4 aromatic carbocycles. The molecular formula is C37H30F2N6O3.